The fourth-order valence-electron chi connectivity index (χ4n) is 2.27. The normalized spacial score (nSPS) is 10.2. The molecule has 2 aromatic rings. The second-order valence-electron chi connectivity index (χ2n) is 5.64. The van der Waals surface area contributed by atoms with Crippen LogP contribution in [0.4, 0.5) is 5.69 Å². The molecule has 0 saturated carbocycles. The maximum atomic E-state index is 12.2. The van der Waals surface area contributed by atoms with E-state index in [0.717, 1.165) is 12.8 Å². The Hall–Kier alpha value is -2.85. The van der Waals surface area contributed by atoms with Gasteiger partial charge in [0, 0.05) is 12.2 Å². The van der Waals surface area contributed by atoms with E-state index in [-0.39, 0.29) is 10.7 Å². The van der Waals surface area contributed by atoms with Crippen molar-refractivity contribution in [1.82, 2.24) is 9.78 Å². The number of hydrogen-bond acceptors (Lipinski definition) is 5. The van der Waals surface area contributed by atoms with E-state index >= 15 is 0 Å². The Labute approximate surface area is 156 Å². The number of benzene rings is 1. The second kappa shape index (κ2) is 9.02. The first kappa shape index (κ1) is 19.5. The number of unbranched alkanes of at least 4 members (excludes halogenated alkanes) is 1. The summed E-state index contributed by atoms with van der Waals surface area (Å²) in [5.41, 5.74) is 1.63. The molecular formula is C18H19ClN4O3. The van der Waals surface area contributed by atoms with Crippen molar-refractivity contribution in [2.45, 2.75) is 33.2 Å². The van der Waals surface area contributed by atoms with Crippen LogP contribution in [0.2, 0.25) is 5.15 Å². The largest absolute Gasteiger partial charge is 0.452 e. The van der Waals surface area contributed by atoms with Gasteiger partial charge in [-0.05, 0) is 37.6 Å². The first-order chi connectivity index (χ1) is 12.5. The van der Waals surface area contributed by atoms with Gasteiger partial charge in [-0.3, -0.25) is 9.48 Å². The zero-order valence-corrected chi connectivity index (χ0v) is 15.3. The third-order valence-corrected chi connectivity index (χ3v) is 4.01. The topological polar surface area (TPSA) is 97.0 Å². The van der Waals surface area contributed by atoms with E-state index in [9.17, 15) is 9.59 Å². The fourth-order valence-corrected chi connectivity index (χ4v) is 2.61. The Morgan fingerprint density at radius 2 is 2.04 bits per heavy atom. The van der Waals surface area contributed by atoms with Gasteiger partial charge in [-0.1, -0.05) is 24.9 Å². The van der Waals surface area contributed by atoms with E-state index in [2.05, 4.69) is 10.4 Å². The van der Waals surface area contributed by atoms with Gasteiger partial charge in [0.25, 0.3) is 5.91 Å². The number of ether oxygens (including phenoxy) is 1. The quantitative estimate of drug-likeness (QED) is 0.750. The van der Waals surface area contributed by atoms with E-state index < -0.39 is 18.5 Å². The van der Waals surface area contributed by atoms with Crippen LogP contribution < -0.4 is 5.32 Å². The van der Waals surface area contributed by atoms with Gasteiger partial charge >= 0.3 is 5.97 Å². The number of rotatable bonds is 7. The molecule has 1 amide bonds. The third kappa shape index (κ3) is 4.83. The first-order valence-corrected chi connectivity index (χ1v) is 8.54. The van der Waals surface area contributed by atoms with Crippen LogP contribution in [0.1, 0.15) is 41.4 Å². The number of carbonyl (C=O) groups excluding carboxylic acids is 2. The lowest BCUT2D eigenvalue weighted by Crippen LogP contribution is -2.21. The van der Waals surface area contributed by atoms with Crippen LogP contribution in [-0.2, 0) is 16.1 Å². The maximum Gasteiger partial charge on any atom is 0.343 e. The minimum atomic E-state index is -0.690. The zero-order valence-electron chi connectivity index (χ0n) is 14.6. The summed E-state index contributed by atoms with van der Waals surface area (Å²) in [4.78, 5) is 24.1. The van der Waals surface area contributed by atoms with Crippen LogP contribution in [-0.4, -0.2) is 28.3 Å². The van der Waals surface area contributed by atoms with Crippen molar-refractivity contribution in [3.63, 3.8) is 0 Å². The summed E-state index contributed by atoms with van der Waals surface area (Å²) in [7, 11) is 0. The monoisotopic (exact) mass is 374 g/mol. The summed E-state index contributed by atoms with van der Waals surface area (Å²) in [6.07, 6.45) is 1.87. The Morgan fingerprint density at radius 3 is 2.65 bits per heavy atom. The highest BCUT2D eigenvalue weighted by atomic mass is 35.5. The van der Waals surface area contributed by atoms with Gasteiger partial charge in [0.2, 0.25) is 0 Å². The molecule has 0 bridgehead atoms. The van der Waals surface area contributed by atoms with Gasteiger partial charge in [0.1, 0.15) is 10.7 Å². The van der Waals surface area contributed by atoms with Gasteiger partial charge in [-0.25, -0.2) is 4.79 Å². The first-order valence-electron chi connectivity index (χ1n) is 8.16. The molecule has 1 heterocycles. The molecule has 1 aromatic heterocycles. The lowest BCUT2D eigenvalue weighted by Gasteiger charge is -2.07. The molecule has 0 fully saturated rings. The van der Waals surface area contributed by atoms with Crippen molar-refractivity contribution in [2.75, 3.05) is 11.9 Å². The molecule has 0 atom stereocenters. The van der Waals surface area contributed by atoms with Crippen molar-refractivity contribution >= 4 is 29.2 Å². The average molecular weight is 375 g/mol. The SMILES string of the molecule is CCCCn1nc(C)c(C(=O)OCC(=O)Nc2ccc(C#N)cc2)c1Cl. The summed E-state index contributed by atoms with van der Waals surface area (Å²) in [5, 5.41) is 15.8. The van der Waals surface area contributed by atoms with Crippen molar-refractivity contribution in [1.29, 1.82) is 5.26 Å². The summed E-state index contributed by atoms with van der Waals surface area (Å²) in [6.45, 7) is 3.88. The molecule has 0 radical (unpaired) electrons. The molecule has 0 aliphatic heterocycles. The Morgan fingerprint density at radius 1 is 1.35 bits per heavy atom. The lowest BCUT2D eigenvalue weighted by molar-refractivity contribution is -0.119. The van der Waals surface area contributed by atoms with Gasteiger partial charge in [0.15, 0.2) is 6.61 Å². The minimum absolute atomic E-state index is 0.175. The Balaban J connectivity index is 1.94. The molecule has 8 heteroatoms. The van der Waals surface area contributed by atoms with Crippen LogP contribution >= 0.6 is 11.6 Å². The highest BCUT2D eigenvalue weighted by Crippen LogP contribution is 2.21. The van der Waals surface area contributed by atoms with Crippen LogP contribution in [0.15, 0.2) is 24.3 Å². The Bertz CT molecular complexity index is 837. The molecule has 0 aliphatic carbocycles. The second-order valence-corrected chi connectivity index (χ2v) is 6.00. The Kier molecular flexibility index (Phi) is 6.75. The highest BCUT2D eigenvalue weighted by Gasteiger charge is 2.22. The number of aryl methyl sites for hydroxylation is 2. The standard InChI is InChI=1S/C18H19ClN4O3/c1-3-4-9-23-17(19)16(12(2)22-23)18(25)26-11-15(24)21-14-7-5-13(10-20)6-8-14/h5-8H,3-4,9,11H2,1-2H3,(H,21,24). The van der Waals surface area contributed by atoms with E-state index in [1.54, 1.807) is 35.9 Å². The van der Waals surface area contributed by atoms with Crippen molar-refractivity contribution in [3.05, 3.63) is 46.2 Å². The third-order valence-electron chi connectivity index (χ3n) is 3.63. The van der Waals surface area contributed by atoms with Gasteiger partial charge in [-0.2, -0.15) is 10.4 Å². The van der Waals surface area contributed by atoms with Crippen LogP contribution in [0.5, 0.6) is 0 Å². The number of nitrogens with one attached hydrogen (secondary N) is 1. The lowest BCUT2D eigenvalue weighted by atomic mass is 10.2. The molecule has 1 N–H and O–H groups in total. The molecule has 0 unspecified atom stereocenters. The molecule has 2 rings (SSSR count). The number of carbonyl (C=O) groups is 2. The van der Waals surface area contributed by atoms with Crippen LogP contribution in [0, 0.1) is 18.3 Å². The molecule has 0 spiro atoms. The predicted molar refractivity (Wildman–Crippen MR) is 97.0 cm³/mol. The number of esters is 1. The van der Waals surface area contributed by atoms with Crippen molar-refractivity contribution in [3.8, 4) is 6.07 Å². The smallest absolute Gasteiger partial charge is 0.343 e. The van der Waals surface area contributed by atoms with E-state index in [0.29, 0.717) is 23.5 Å². The molecule has 7 nitrogen and oxygen atoms in total. The number of halogens is 1. The summed E-state index contributed by atoms with van der Waals surface area (Å²) in [6, 6.07) is 8.33. The van der Waals surface area contributed by atoms with Crippen molar-refractivity contribution < 1.29 is 14.3 Å². The molecule has 26 heavy (non-hydrogen) atoms. The molecule has 1 aromatic carbocycles. The number of hydrogen-bond donors (Lipinski definition) is 1. The van der Waals surface area contributed by atoms with Crippen molar-refractivity contribution in [2.24, 2.45) is 0 Å². The summed E-state index contributed by atoms with van der Waals surface area (Å²) < 4.78 is 6.61. The van der Waals surface area contributed by atoms with Gasteiger partial charge in [-0.15, -0.1) is 0 Å². The number of aromatic nitrogens is 2. The molecule has 0 aliphatic rings. The van der Waals surface area contributed by atoms with E-state index in [1.807, 2.05) is 13.0 Å². The predicted octanol–water partition coefficient (Wildman–Crippen LogP) is 3.31. The molecule has 0 saturated heterocycles. The number of anilines is 1. The van der Waals surface area contributed by atoms with Crippen LogP contribution in [0.3, 0.4) is 0 Å². The van der Waals surface area contributed by atoms with E-state index in [4.69, 9.17) is 21.6 Å². The molecular weight excluding hydrogens is 356 g/mol. The van der Waals surface area contributed by atoms with E-state index in [1.165, 1.54) is 0 Å². The summed E-state index contributed by atoms with van der Waals surface area (Å²) in [5.74, 6) is -1.18. The number of nitriles is 1. The highest BCUT2D eigenvalue weighted by molar-refractivity contribution is 6.32. The van der Waals surface area contributed by atoms with Gasteiger partial charge < -0.3 is 10.1 Å². The fraction of sp³-hybridized carbons (Fsp3) is 0.333. The minimum Gasteiger partial charge on any atom is -0.452 e. The van der Waals surface area contributed by atoms with Gasteiger partial charge in [0.05, 0.1) is 17.3 Å². The molecule has 136 valence electrons. The van der Waals surface area contributed by atoms with Crippen LogP contribution in [0.25, 0.3) is 0 Å². The maximum absolute atomic E-state index is 12.2. The summed E-state index contributed by atoms with van der Waals surface area (Å²) >= 11 is 6.21. The number of amides is 1. The zero-order chi connectivity index (χ0) is 19.1. The average Bonchev–Trinajstić information content (AvgIpc) is 2.92. The number of nitrogens with zero attached hydrogens (tertiary/aromatic N) is 3.